The Bertz CT molecular complexity index is 582. The summed E-state index contributed by atoms with van der Waals surface area (Å²) in [6.07, 6.45) is 1.13. The third-order valence-electron chi connectivity index (χ3n) is 4.09. The molecule has 3 atom stereocenters. The van der Waals surface area contributed by atoms with Crippen molar-refractivity contribution in [2.24, 2.45) is 13.0 Å². The number of rotatable bonds is 4. The van der Waals surface area contributed by atoms with E-state index in [1.54, 1.807) is 0 Å². The van der Waals surface area contributed by atoms with Crippen molar-refractivity contribution in [2.75, 3.05) is 0 Å². The zero-order valence-electron chi connectivity index (χ0n) is 12.6. The fourth-order valence-corrected chi connectivity index (χ4v) is 2.74. The van der Waals surface area contributed by atoms with E-state index < -0.39 is 0 Å². The third kappa shape index (κ3) is 2.27. The fourth-order valence-electron chi connectivity index (χ4n) is 2.59. The number of aryl methyl sites for hydroxylation is 2. The number of halogens is 1. The van der Waals surface area contributed by atoms with E-state index in [4.69, 9.17) is 16.6 Å². The van der Waals surface area contributed by atoms with Gasteiger partial charge in [-0.2, -0.15) is 5.10 Å². The van der Waals surface area contributed by atoms with Gasteiger partial charge in [-0.05, 0) is 26.7 Å². The van der Waals surface area contributed by atoms with E-state index in [0.717, 1.165) is 29.1 Å². The molecule has 0 N–H and O–H groups in total. The van der Waals surface area contributed by atoms with Gasteiger partial charge in [0.15, 0.2) is 5.65 Å². The predicted octanol–water partition coefficient (Wildman–Crippen LogP) is 3.99. The summed E-state index contributed by atoms with van der Waals surface area (Å²) in [6, 6.07) is 0.362. The zero-order chi connectivity index (χ0) is 14.3. The second-order valence-corrected chi connectivity index (χ2v) is 6.12. The summed E-state index contributed by atoms with van der Waals surface area (Å²) in [4.78, 5) is 4.72. The molecular formula is C14H23ClN4. The van der Waals surface area contributed by atoms with Crippen molar-refractivity contribution >= 4 is 22.8 Å². The molecule has 5 heteroatoms. The van der Waals surface area contributed by atoms with Crippen molar-refractivity contribution in [3.63, 3.8) is 0 Å². The van der Waals surface area contributed by atoms with Crippen molar-refractivity contribution in [3.8, 4) is 0 Å². The van der Waals surface area contributed by atoms with Crippen LogP contribution in [0.15, 0.2) is 0 Å². The van der Waals surface area contributed by atoms with Crippen LogP contribution in [0.1, 0.15) is 57.1 Å². The smallest absolute Gasteiger partial charge is 0.158 e. The van der Waals surface area contributed by atoms with E-state index in [9.17, 15) is 0 Å². The van der Waals surface area contributed by atoms with Crippen molar-refractivity contribution < 1.29 is 0 Å². The van der Waals surface area contributed by atoms with Crippen LogP contribution in [0.4, 0.5) is 0 Å². The van der Waals surface area contributed by atoms with Crippen LogP contribution >= 0.6 is 11.6 Å². The van der Waals surface area contributed by atoms with Crippen LogP contribution in [0.25, 0.3) is 11.2 Å². The highest BCUT2D eigenvalue weighted by molar-refractivity contribution is 6.20. The maximum Gasteiger partial charge on any atom is 0.158 e. The van der Waals surface area contributed by atoms with Gasteiger partial charge < -0.3 is 4.57 Å². The number of hydrogen-bond acceptors (Lipinski definition) is 2. The molecule has 0 aromatic carbocycles. The van der Waals surface area contributed by atoms with Crippen LogP contribution in [0.5, 0.6) is 0 Å². The molecule has 0 saturated carbocycles. The first-order valence-electron chi connectivity index (χ1n) is 6.93. The summed E-state index contributed by atoms with van der Waals surface area (Å²) >= 11 is 6.32. The molecule has 3 unspecified atom stereocenters. The highest BCUT2D eigenvalue weighted by Gasteiger charge is 2.25. The van der Waals surface area contributed by atoms with Gasteiger partial charge in [-0.15, -0.1) is 11.6 Å². The topological polar surface area (TPSA) is 35.6 Å². The number of alkyl halides is 1. The van der Waals surface area contributed by atoms with E-state index in [-0.39, 0.29) is 5.38 Å². The van der Waals surface area contributed by atoms with Gasteiger partial charge in [-0.1, -0.05) is 20.3 Å². The molecule has 0 spiro atoms. The highest BCUT2D eigenvalue weighted by atomic mass is 35.5. The second-order valence-electron chi connectivity index (χ2n) is 5.46. The van der Waals surface area contributed by atoms with Crippen LogP contribution < -0.4 is 0 Å². The molecule has 0 saturated heterocycles. The van der Waals surface area contributed by atoms with Crippen molar-refractivity contribution in [2.45, 2.75) is 52.5 Å². The molecule has 2 aromatic heterocycles. The molecule has 0 aliphatic carbocycles. The van der Waals surface area contributed by atoms with Crippen molar-refractivity contribution in [1.82, 2.24) is 19.3 Å². The molecule has 19 heavy (non-hydrogen) atoms. The summed E-state index contributed by atoms with van der Waals surface area (Å²) in [5.41, 5.74) is 3.01. The summed E-state index contributed by atoms with van der Waals surface area (Å²) < 4.78 is 4.18. The Morgan fingerprint density at radius 1 is 1.26 bits per heavy atom. The maximum atomic E-state index is 6.32. The van der Waals surface area contributed by atoms with Gasteiger partial charge >= 0.3 is 0 Å². The zero-order valence-corrected chi connectivity index (χ0v) is 13.4. The molecule has 0 aliphatic rings. The van der Waals surface area contributed by atoms with Gasteiger partial charge in [0.05, 0.1) is 11.1 Å². The maximum absolute atomic E-state index is 6.32. The number of imidazole rings is 1. The van der Waals surface area contributed by atoms with Crippen LogP contribution in [0.2, 0.25) is 0 Å². The minimum Gasteiger partial charge on any atom is -0.309 e. The Morgan fingerprint density at radius 2 is 1.89 bits per heavy atom. The summed E-state index contributed by atoms with van der Waals surface area (Å²) in [7, 11) is 1.97. The van der Waals surface area contributed by atoms with Gasteiger partial charge in [-0.25, -0.2) is 4.98 Å². The van der Waals surface area contributed by atoms with Crippen molar-refractivity contribution in [3.05, 3.63) is 11.5 Å². The highest BCUT2D eigenvalue weighted by Crippen LogP contribution is 2.32. The molecule has 2 aromatic rings. The van der Waals surface area contributed by atoms with Gasteiger partial charge in [0, 0.05) is 13.1 Å². The lowest BCUT2D eigenvalue weighted by Gasteiger charge is -2.23. The van der Waals surface area contributed by atoms with Gasteiger partial charge in [-0.3, -0.25) is 4.68 Å². The van der Waals surface area contributed by atoms with Gasteiger partial charge in [0.25, 0.3) is 0 Å². The Labute approximate surface area is 119 Å². The number of fused-ring (bicyclic) bond motifs is 1. The Morgan fingerprint density at radius 3 is 2.42 bits per heavy atom. The molecule has 0 aliphatic heterocycles. The molecule has 4 nitrogen and oxygen atoms in total. The van der Waals surface area contributed by atoms with Crippen LogP contribution in [0, 0.1) is 12.8 Å². The molecule has 0 amide bonds. The monoisotopic (exact) mass is 282 g/mol. The van der Waals surface area contributed by atoms with Crippen LogP contribution in [-0.2, 0) is 7.05 Å². The third-order valence-corrected chi connectivity index (χ3v) is 4.29. The largest absolute Gasteiger partial charge is 0.309 e. The lowest BCUT2D eigenvalue weighted by molar-refractivity contribution is 0.365. The average Bonchev–Trinajstić information content (AvgIpc) is 2.87. The predicted molar refractivity (Wildman–Crippen MR) is 79.7 cm³/mol. The molecule has 2 rings (SSSR count). The molecule has 0 fully saturated rings. The number of aromatic nitrogens is 4. The minimum atomic E-state index is -0.0988. The summed E-state index contributed by atoms with van der Waals surface area (Å²) in [6.45, 7) is 10.7. The first-order chi connectivity index (χ1) is 8.88. The Balaban J connectivity index is 2.70. The minimum absolute atomic E-state index is 0.0988. The number of nitrogens with zero attached hydrogens (tertiary/aromatic N) is 4. The van der Waals surface area contributed by atoms with Crippen LogP contribution in [0.3, 0.4) is 0 Å². The van der Waals surface area contributed by atoms with Gasteiger partial charge in [0.2, 0.25) is 0 Å². The molecule has 0 bridgehead atoms. The Hall–Kier alpha value is -1.03. The normalized spacial score (nSPS) is 16.8. The first kappa shape index (κ1) is 14.4. The van der Waals surface area contributed by atoms with Crippen LogP contribution in [-0.4, -0.2) is 19.3 Å². The lowest BCUT2D eigenvalue weighted by Crippen LogP contribution is -2.18. The first-order valence-corrected chi connectivity index (χ1v) is 7.37. The average molecular weight is 283 g/mol. The lowest BCUT2D eigenvalue weighted by atomic mass is 10.0. The van der Waals surface area contributed by atoms with E-state index >= 15 is 0 Å². The molecule has 0 radical (unpaired) electrons. The molecular weight excluding hydrogens is 260 g/mol. The van der Waals surface area contributed by atoms with E-state index in [1.807, 2.05) is 25.6 Å². The standard InChI is InChI=1S/C14H23ClN4/c1-7-8(2)11(5)19-13(9(3)15)16-12-10(4)17-18(6)14(12)19/h8-9,11H,7H2,1-6H3. The molecule has 2 heterocycles. The number of hydrogen-bond donors (Lipinski definition) is 0. The van der Waals surface area contributed by atoms with E-state index in [1.165, 1.54) is 0 Å². The van der Waals surface area contributed by atoms with E-state index in [2.05, 4.69) is 30.4 Å². The molecule has 106 valence electrons. The Kier molecular flexibility index (Phi) is 3.90. The quantitative estimate of drug-likeness (QED) is 0.795. The SMILES string of the molecule is CCC(C)C(C)n1c(C(C)Cl)nc2c(C)nn(C)c21. The van der Waals surface area contributed by atoms with E-state index in [0.29, 0.717) is 12.0 Å². The van der Waals surface area contributed by atoms with Gasteiger partial charge in [0.1, 0.15) is 11.3 Å². The fraction of sp³-hybridized carbons (Fsp3) is 0.714. The summed E-state index contributed by atoms with van der Waals surface area (Å²) in [5, 5.41) is 4.37. The summed E-state index contributed by atoms with van der Waals surface area (Å²) in [5.74, 6) is 1.52. The second kappa shape index (κ2) is 5.16. The van der Waals surface area contributed by atoms with Crippen molar-refractivity contribution in [1.29, 1.82) is 0 Å².